The Bertz CT molecular complexity index is 1410. The molecule has 0 radical (unpaired) electrons. The highest BCUT2D eigenvalue weighted by Crippen LogP contribution is 2.28. The summed E-state index contributed by atoms with van der Waals surface area (Å²) in [7, 11) is 0. The van der Waals surface area contributed by atoms with E-state index in [4.69, 9.17) is 9.47 Å². The van der Waals surface area contributed by atoms with Crippen molar-refractivity contribution < 1.29 is 33.6 Å². The molecule has 0 spiro atoms. The monoisotopic (exact) mass is 529 g/mol. The van der Waals surface area contributed by atoms with Crippen LogP contribution in [0.4, 0.5) is 10.5 Å². The van der Waals surface area contributed by atoms with Gasteiger partial charge < -0.3 is 9.47 Å². The van der Waals surface area contributed by atoms with Crippen LogP contribution in [0, 0.1) is 10.1 Å². The Balaban J connectivity index is 1.30. The highest BCUT2D eigenvalue weighted by atomic mass is 16.6. The number of hydrogen-bond donors (Lipinski definition) is 0. The highest BCUT2D eigenvalue weighted by molar-refractivity contribution is 6.21. The number of benzene rings is 3. The van der Waals surface area contributed by atoms with Crippen LogP contribution in [0.15, 0.2) is 78.9 Å². The normalized spacial score (nSPS) is 18.2. The van der Waals surface area contributed by atoms with Crippen LogP contribution in [-0.2, 0) is 16.1 Å². The van der Waals surface area contributed by atoms with Crippen molar-refractivity contribution in [1.29, 1.82) is 0 Å². The first-order valence-electron chi connectivity index (χ1n) is 12.2. The number of hydrogen-bond acceptors (Lipinski definition) is 8. The summed E-state index contributed by atoms with van der Waals surface area (Å²) in [4.78, 5) is 64.4. The highest BCUT2D eigenvalue weighted by Gasteiger charge is 2.43. The molecule has 1 saturated heterocycles. The predicted molar refractivity (Wildman–Crippen MR) is 136 cm³/mol. The van der Waals surface area contributed by atoms with Crippen LogP contribution in [0.25, 0.3) is 0 Å². The number of rotatable bonds is 7. The third-order valence-electron chi connectivity index (χ3n) is 6.67. The van der Waals surface area contributed by atoms with Gasteiger partial charge in [0.2, 0.25) is 0 Å². The average molecular weight is 530 g/mol. The van der Waals surface area contributed by atoms with E-state index in [1.807, 2.05) is 0 Å². The molecule has 3 aromatic carbocycles. The Kier molecular flexibility index (Phi) is 7.04. The summed E-state index contributed by atoms with van der Waals surface area (Å²) in [5.74, 6) is -1.47. The van der Waals surface area contributed by atoms with Crippen molar-refractivity contribution in [2.45, 2.75) is 25.2 Å². The molecule has 3 amide bonds. The van der Waals surface area contributed by atoms with Crippen molar-refractivity contribution in [2.24, 2.45) is 0 Å². The van der Waals surface area contributed by atoms with Gasteiger partial charge >= 0.3 is 12.1 Å². The summed E-state index contributed by atoms with van der Waals surface area (Å²) in [6, 6.07) is 19.8. The van der Waals surface area contributed by atoms with E-state index in [-0.39, 0.29) is 31.8 Å². The number of carbonyl (C=O) groups excluding carboxylic acids is 4. The number of non-ortho nitro benzene ring substituents is 1. The van der Waals surface area contributed by atoms with Gasteiger partial charge in [0.25, 0.3) is 17.5 Å². The van der Waals surface area contributed by atoms with E-state index in [0.717, 1.165) is 4.90 Å². The fourth-order valence-corrected chi connectivity index (χ4v) is 4.71. The molecule has 0 saturated carbocycles. The molecule has 0 aliphatic carbocycles. The van der Waals surface area contributed by atoms with Crippen molar-refractivity contribution in [3.63, 3.8) is 0 Å². The smallest absolute Gasteiger partial charge is 0.410 e. The number of carbonyl (C=O) groups is 4. The molecule has 2 heterocycles. The lowest BCUT2D eigenvalue weighted by molar-refractivity contribution is -0.384. The predicted octanol–water partition coefficient (Wildman–Crippen LogP) is 3.83. The van der Waals surface area contributed by atoms with Gasteiger partial charge in [0, 0.05) is 18.6 Å². The maximum absolute atomic E-state index is 13.1. The number of esters is 1. The van der Waals surface area contributed by atoms with E-state index in [2.05, 4.69) is 0 Å². The Labute approximate surface area is 222 Å². The quantitative estimate of drug-likeness (QED) is 0.195. The summed E-state index contributed by atoms with van der Waals surface area (Å²) < 4.78 is 11.1. The van der Waals surface area contributed by atoms with Crippen LogP contribution in [0.3, 0.4) is 0 Å². The van der Waals surface area contributed by atoms with Crippen LogP contribution in [0.5, 0.6) is 0 Å². The van der Waals surface area contributed by atoms with Crippen molar-refractivity contribution >= 4 is 29.6 Å². The van der Waals surface area contributed by atoms with Gasteiger partial charge in [0.15, 0.2) is 0 Å². The van der Waals surface area contributed by atoms with Crippen molar-refractivity contribution in [2.75, 3.05) is 13.1 Å². The number of nitro benzene ring substituents is 1. The number of nitrogens with zero attached hydrogens (tertiary/aromatic N) is 3. The van der Waals surface area contributed by atoms with E-state index in [1.165, 1.54) is 29.2 Å². The maximum Gasteiger partial charge on any atom is 0.410 e. The number of likely N-dealkylation sites (tertiary alicyclic amines) is 1. The topological polar surface area (TPSA) is 136 Å². The standard InChI is InChI=1S/C28H23N3O8/c32-25-23-8-4-5-9-24(23)26(33)30(25)15-21-14-22(39-27(34)19-6-2-1-3-7-19)16-29(21)28(35)38-17-18-10-12-20(13-11-18)31(36)37/h1-13,21-22H,14-17H2/t21-,22+/m0/s1. The summed E-state index contributed by atoms with van der Waals surface area (Å²) in [5.41, 5.74) is 1.39. The van der Waals surface area contributed by atoms with Crippen molar-refractivity contribution in [3.8, 4) is 0 Å². The van der Waals surface area contributed by atoms with Crippen LogP contribution in [0.1, 0.15) is 43.1 Å². The van der Waals surface area contributed by atoms with Gasteiger partial charge in [-0.1, -0.05) is 30.3 Å². The summed E-state index contributed by atoms with van der Waals surface area (Å²) in [6.07, 6.45) is -1.23. The average Bonchev–Trinajstić information content (AvgIpc) is 3.46. The molecule has 2 atom stereocenters. The Morgan fingerprint density at radius 1 is 0.897 bits per heavy atom. The van der Waals surface area contributed by atoms with E-state index in [1.54, 1.807) is 54.6 Å². The number of imide groups is 1. The molecule has 5 rings (SSSR count). The zero-order valence-electron chi connectivity index (χ0n) is 20.6. The first-order valence-corrected chi connectivity index (χ1v) is 12.2. The van der Waals surface area contributed by atoms with E-state index in [9.17, 15) is 29.3 Å². The Hall–Kier alpha value is -5.06. The van der Waals surface area contributed by atoms with E-state index < -0.39 is 40.9 Å². The molecular formula is C28H23N3O8. The van der Waals surface area contributed by atoms with Crippen molar-refractivity contribution in [1.82, 2.24) is 9.80 Å². The number of nitro groups is 1. The number of ether oxygens (including phenoxy) is 2. The van der Waals surface area contributed by atoms with E-state index in [0.29, 0.717) is 22.3 Å². The number of fused-ring (bicyclic) bond motifs is 1. The fourth-order valence-electron chi connectivity index (χ4n) is 4.71. The van der Waals surface area contributed by atoms with Gasteiger partial charge in [0.05, 0.1) is 40.7 Å². The molecule has 11 heteroatoms. The second-order valence-electron chi connectivity index (χ2n) is 9.18. The molecule has 1 fully saturated rings. The zero-order chi connectivity index (χ0) is 27.5. The first kappa shape index (κ1) is 25.6. The molecular weight excluding hydrogens is 506 g/mol. The Morgan fingerprint density at radius 3 is 2.13 bits per heavy atom. The van der Waals surface area contributed by atoms with Gasteiger partial charge in [-0.15, -0.1) is 0 Å². The van der Waals surface area contributed by atoms with Crippen LogP contribution in [0.2, 0.25) is 0 Å². The molecule has 2 aliphatic heterocycles. The SMILES string of the molecule is O=C(O[C@@H]1C[C@@H](CN2C(=O)c3ccccc3C2=O)N(C(=O)OCc2ccc([N+](=O)[O-])cc2)C1)c1ccccc1. The minimum Gasteiger partial charge on any atom is -0.457 e. The Morgan fingerprint density at radius 2 is 1.51 bits per heavy atom. The van der Waals surface area contributed by atoms with Crippen LogP contribution in [-0.4, -0.2) is 63.8 Å². The number of amides is 3. The summed E-state index contributed by atoms with van der Waals surface area (Å²) >= 11 is 0. The van der Waals surface area contributed by atoms with Gasteiger partial charge in [-0.2, -0.15) is 0 Å². The minimum absolute atomic E-state index is 0.00546. The largest absolute Gasteiger partial charge is 0.457 e. The molecule has 198 valence electrons. The second-order valence-corrected chi connectivity index (χ2v) is 9.18. The molecule has 0 N–H and O–H groups in total. The van der Waals surface area contributed by atoms with Crippen molar-refractivity contribution in [3.05, 3.63) is 111 Å². The van der Waals surface area contributed by atoms with Gasteiger partial charge in [-0.3, -0.25) is 29.5 Å². The summed E-state index contributed by atoms with van der Waals surface area (Å²) in [5, 5.41) is 10.9. The molecule has 0 aromatic heterocycles. The lowest BCUT2D eigenvalue weighted by Crippen LogP contribution is -2.45. The van der Waals surface area contributed by atoms with Gasteiger partial charge in [-0.05, 0) is 42.0 Å². The third-order valence-corrected chi connectivity index (χ3v) is 6.67. The molecule has 11 nitrogen and oxygen atoms in total. The lowest BCUT2D eigenvalue weighted by Gasteiger charge is -2.26. The van der Waals surface area contributed by atoms with E-state index >= 15 is 0 Å². The second kappa shape index (κ2) is 10.7. The molecule has 0 unspecified atom stereocenters. The molecule has 2 aliphatic rings. The lowest BCUT2D eigenvalue weighted by atomic mass is 10.1. The fraction of sp³-hybridized carbons (Fsp3) is 0.214. The van der Waals surface area contributed by atoms with Crippen LogP contribution < -0.4 is 0 Å². The summed E-state index contributed by atoms with van der Waals surface area (Å²) in [6.45, 7) is -0.245. The molecule has 39 heavy (non-hydrogen) atoms. The zero-order valence-corrected chi connectivity index (χ0v) is 20.6. The first-order chi connectivity index (χ1) is 18.8. The molecule has 3 aromatic rings. The minimum atomic E-state index is -0.728. The third kappa shape index (κ3) is 5.33. The van der Waals surface area contributed by atoms with Gasteiger partial charge in [0.1, 0.15) is 12.7 Å². The maximum atomic E-state index is 13.1. The molecule has 0 bridgehead atoms. The van der Waals surface area contributed by atoms with Gasteiger partial charge in [-0.25, -0.2) is 9.59 Å². The van der Waals surface area contributed by atoms with Crippen LogP contribution >= 0.6 is 0 Å².